The molecular formula is C14H19FN4. The molecular weight excluding hydrogens is 243 g/mol. The Bertz CT molecular complexity index is 581. The van der Waals surface area contributed by atoms with Gasteiger partial charge in [0.15, 0.2) is 5.82 Å². The molecule has 1 aromatic heterocycles. The van der Waals surface area contributed by atoms with E-state index in [1.165, 1.54) is 12.1 Å². The lowest BCUT2D eigenvalue weighted by molar-refractivity contribution is 0.536. The van der Waals surface area contributed by atoms with Gasteiger partial charge in [-0.2, -0.15) is 5.10 Å². The number of hydrogen-bond donors (Lipinski definition) is 2. The van der Waals surface area contributed by atoms with Gasteiger partial charge in [-0.05, 0) is 51.5 Å². The highest BCUT2D eigenvalue weighted by Gasteiger charge is 2.15. The lowest BCUT2D eigenvalue weighted by Crippen LogP contribution is -2.08. The van der Waals surface area contributed by atoms with Crippen LogP contribution in [0.5, 0.6) is 0 Å². The Morgan fingerprint density at radius 1 is 1.26 bits per heavy atom. The smallest absolute Gasteiger partial charge is 0.152 e. The Morgan fingerprint density at radius 3 is 2.53 bits per heavy atom. The first-order valence-electron chi connectivity index (χ1n) is 6.27. The Balaban J connectivity index is 2.42. The third kappa shape index (κ3) is 2.70. The molecule has 4 nitrogen and oxygen atoms in total. The number of anilines is 3. The maximum atomic E-state index is 13.4. The van der Waals surface area contributed by atoms with Crippen molar-refractivity contribution in [1.82, 2.24) is 9.78 Å². The molecule has 0 atom stereocenters. The maximum absolute atomic E-state index is 13.4. The number of benzene rings is 1. The van der Waals surface area contributed by atoms with Crippen LogP contribution in [0.4, 0.5) is 21.6 Å². The molecule has 102 valence electrons. The van der Waals surface area contributed by atoms with E-state index in [1.807, 2.05) is 38.4 Å². The van der Waals surface area contributed by atoms with Crippen molar-refractivity contribution in [2.24, 2.45) is 0 Å². The zero-order chi connectivity index (χ0) is 14.2. The van der Waals surface area contributed by atoms with Crippen LogP contribution < -0.4 is 11.1 Å². The van der Waals surface area contributed by atoms with Gasteiger partial charge in [0.05, 0.1) is 11.4 Å². The first kappa shape index (κ1) is 13.4. The molecule has 0 unspecified atom stereocenters. The fraction of sp³-hybridized carbons (Fsp3) is 0.357. The summed E-state index contributed by atoms with van der Waals surface area (Å²) in [5.41, 5.74) is 8.91. The molecule has 0 aliphatic rings. The summed E-state index contributed by atoms with van der Waals surface area (Å²) >= 11 is 0. The van der Waals surface area contributed by atoms with Crippen molar-refractivity contribution >= 4 is 17.2 Å². The van der Waals surface area contributed by atoms with Gasteiger partial charge in [0.1, 0.15) is 5.82 Å². The average Bonchev–Trinajstić information content (AvgIpc) is 2.56. The van der Waals surface area contributed by atoms with Crippen molar-refractivity contribution in [2.75, 3.05) is 11.1 Å². The summed E-state index contributed by atoms with van der Waals surface area (Å²) < 4.78 is 15.2. The maximum Gasteiger partial charge on any atom is 0.152 e. The number of nitrogens with one attached hydrogen (secondary N) is 1. The van der Waals surface area contributed by atoms with Gasteiger partial charge in [0.2, 0.25) is 0 Å². The van der Waals surface area contributed by atoms with E-state index in [0.717, 1.165) is 11.3 Å². The molecule has 1 heterocycles. The summed E-state index contributed by atoms with van der Waals surface area (Å²) in [6.07, 6.45) is 0. The van der Waals surface area contributed by atoms with Gasteiger partial charge in [-0.3, -0.25) is 0 Å². The fourth-order valence-corrected chi connectivity index (χ4v) is 2.00. The van der Waals surface area contributed by atoms with Crippen LogP contribution in [0.1, 0.15) is 31.1 Å². The van der Waals surface area contributed by atoms with Crippen LogP contribution in [-0.2, 0) is 0 Å². The molecule has 0 fully saturated rings. The normalized spacial score (nSPS) is 11.1. The predicted molar refractivity (Wildman–Crippen MR) is 76.2 cm³/mol. The molecule has 0 aliphatic carbocycles. The lowest BCUT2D eigenvalue weighted by Gasteiger charge is -2.14. The second-order valence-electron chi connectivity index (χ2n) is 5.03. The Morgan fingerprint density at radius 2 is 1.95 bits per heavy atom. The Labute approximate surface area is 112 Å². The monoisotopic (exact) mass is 262 g/mol. The van der Waals surface area contributed by atoms with E-state index in [-0.39, 0.29) is 11.9 Å². The summed E-state index contributed by atoms with van der Waals surface area (Å²) in [6, 6.07) is 4.97. The van der Waals surface area contributed by atoms with Crippen LogP contribution in [0, 0.1) is 19.7 Å². The SMILES string of the molecule is Cc1cc(F)cc(Nc2c(N)c(C)nn2C(C)C)c1. The molecule has 2 rings (SSSR count). The van der Waals surface area contributed by atoms with Crippen molar-refractivity contribution in [1.29, 1.82) is 0 Å². The Hall–Kier alpha value is -2.04. The minimum Gasteiger partial charge on any atom is -0.394 e. The minimum absolute atomic E-state index is 0.174. The van der Waals surface area contributed by atoms with Gasteiger partial charge >= 0.3 is 0 Å². The van der Waals surface area contributed by atoms with Gasteiger partial charge in [-0.1, -0.05) is 0 Å². The molecule has 2 aromatic rings. The molecule has 3 N–H and O–H groups in total. The van der Waals surface area contributed by atoms with Gasteiger partial charge in [-0.25, -0.2) is 9.07 Å². The van der Waals surface area contributed by atoms with E-state index in [1.54, 1.807) is 0 Å². The minimum atomic E-state index is -0.270. The van der Waals surface area contributed by atoms with Crippen molar-refractivity contribution in [2.45, 2.75) is 33.7 Å². The largest absolute Gasteiger partial charge is 0.394 e. The zero-order valence-electron chi connectivity index (χ0n) is 11.7. The van der Waals surface area contributed by atoms with Crippen LogP contribution in [0.2, 0.25) is 0 Å². The van der Waals surface area contributed by atoms with Crippen molar-refractivity contribution in [3.05, 3.63) is 35.3 Å². The number of nitrogens with two attached hydrogens (primary N) is 1. The summed E-state index contributed by atoms with van der Waals surface area (Å²) in [6.45, 7) is 7.75. The number of halogens is 1. The number of hydrogen-bond acceptors (Lipinski definition) is 3. The third-order valence-electron chi connectivity index (χ3n) is 2.93. The van der Waals surface area contributed by atoms with E-state index >= 15 is 0 Å². The van der Waals surface area contributed by atoms with E-state index < -0.39 is 0 Å². The number of aromatic nitrogens is 2. The standard InChI is InChI=1S/C14H19FN4/c1-8(2)19-14(13(16)10(4)18-19)17-12-6-9(3)5-11(15)7-12/h5-8,17H,16H2,1-4H3. The van der Waals surface area contributed by atoms with Crippen LogP contribution in [0.3, 0.4) is 0 Å². The topological polar surface area (TPSA) is 55.9 Å². The van der Waals surface area contributed by atoms with E-state index in [2.05, 4.69) is 10.4 Å². The summed E-state index contributed by atoms with van der Waals surface area (Å²) in [5.74, 6) is 0.436. The number of nitrogen functional groups attached to an aromatic ring is 1. The average molecular weight is 262 g/mol. The van der Waals surface area contributed by atoms with Gasteiger partial charge in [-0.15, -0.1) is 0 Å². The molecule has 0 aliphatic heterocycles. The molecule has 0 amide bonds. The summed E-state index contributed by atoms with van der Waals surface area (Å²) in [5, 5.41) is 7.55. The van der Waals surface area contributed by atoms with Crippen molar-refractivity contribution < 1.29 is 4.39 Å². The summed E-state index contributed by atoms with van der Waals surface area (Å²) in [4.78, 5) is 0. The lowest BCUT2D eigenvalue weighted by atomic mass is 10.2. The predicted octanol–water partition coefficient (Wildman–Crippen LogP) is 3.55. The first-order chi connectivity index (χ1) is 8.88. The second-order valence-corrected chi connectivity index (χ2v) is 5.03. The molecule has 5 heteroatoms. The number of rotatable bonds is 3. The molecule has 0 radical (unpaired) electrons. The van der Waals surface area contributed by atoms with Crippen LogP contribution >= 0.6 is 0 Å². The van der Waals surface area contributed by atoms with Gasteiger partial charge in [0, 0.05) is 11.7 Å². The quantitative estimate of drug-likeness (QED) is 0.889. The molecule has 0 saturated heterocycles. The molecule has 0 bridgehead atoms. The van der Waals surface area contributed by atoms with Crippen LogP contribution in [0.25, 0.3) is 0 Å². The highest BCUT2D eigenvalue weighted by molar-refractivity contribution is 5.71. The molecule has 1 aromatic carbocycles. The van der Waals surface area contributed by atoms with Crippen molar-refractivity contribution in [3.8, 4) is 0 Å². The summed E-state index contributed by atoms with van der Waals surface area (Å²) in [7, 11) is 0. The first-order valence-corrected chi connectivity index (χ1v) is 6.27. The molecule has 19 heavy (non-hydrogen) atoms. The van der Waals surface area contributed by atoms with E-state index in [9.17, 15) is 4.39 Å². The van der Waals surface area contributed by atoms with Crippen molar-refractivity contribution in [3.63, 3.8) is 0 Å². The number of nitrogens with zero attached hydrogens (tertiary/aromatic N) is 2. The van der Waals surface area contributed by atoms with Crippen LogP contribution in [0.15, 0.2) is 18.2 Å². The third-order valence-corrected chi connectivity index (χ3v) is 2.93. The Kier molecular flexibility index (Phi) is 3.46. The van der Waals surface area contributed by atoms with Crippen LogP contribution in [-0.4, -0.2) is 9.78 Å². The van der Waals surface area contributed by atoms with Gasteiger partial charge < -0.3 is 11.1 Å². The fourth-order valence-electron chi connectivity index (χ4n) is 2.00. The highest BCUT2D eigenvalue weighted by atomic mass is 19.1. The number of aryl methyl sites for hydroxylation is 2. The molecule has 0 spiro atoms. The second kappa shape index (κ2) is 4.91. The zero-order valence-corrected chi connectivity index (χ0v) is 11.7. The van der Waals surface area contributed by atoms with E-state index in [0.29, 0.717) is 17.2 Å². The highest BCUT2D eigenvalue weighted by Crippen LogP contribution is 2.29. The molecule has 0 saturated carbocycles. The van der Waals surface area contributed by atoms with Gasteiger partial charge in [0.25, 0.3) is 0 Å². The van der Waals surface area contributed by atoms with E-state index in [4.69, 9.17) is 5.73 Å².